The molecule has 0 saturated carbocycles. The molecule has 3 heterocycles. The Bertz CT molecular complexity index is 1490. The zero-order chi connectivity index (χ0) is 24.7. The van der Waals surface area contributed by atoms with Crippen LogP contribution in [0.1, 0.15) is 42.3 Å². The Morgan fingerprint density at radius 3 is 2.69 bits per heavy atom. The van der Waals surface area contributed by atoms with Gasteiger partial charge in [0.25, 0.3) is 0 Å². The van der Waals surface area contributed by atoms with Crippen LogP contribution in [0.2, 0.25) is 0 Å². The fraction of sp³-hybridized carbons (Fsp3) is 0.370. The van der Waals surface area contributed by atoms with Crippen LogP contribution in [0, 0.1) is 6.92 Å². The van der Waals surface area contributed by atoms with Crippen molar-refractivity contribution in [3.8, 4) is 11.5 Å². The molecule has 1 aliphatic rings. The van der Waals surface area contributed by atoms with Gasteiger partial charge in [0.15, 0.2) is 11.3 Å². The number of hydrogen-bond acceptors (Lipinski definition) is 6. The molecule has 0 radical (unpaired) electrons. The highest BCUT2D eigenvalue weighted by Gasteiger charge is 2.32. The van der Waals surface area contributed by atoms with E-state index >= 15 is 0 Å². The van der Waals surface area contributed by atoms with Crippen LogP contribution in [0.4, 0.5) is 0 Å². The van der Waals surface area contributed by atoms with Gasteiger partial charge in [-0.3, -0.25) is 4.79 Å². The number of aryl methyl sites for hydroxylation is 2. The van der Waals surface area contributed by atoms with Gasteiger partial charge in [-0.2, -0.15) is 0 Å². The Balaban J connectivity index is 1.51. The second-order valence-corrected chi connectivity index (χ2v) is 8.96. The summed E-state index contributed by atoms with van der Waals surface area (Å²) < 4.78 is 18.5. The first-order chi connectivity index (χ1) is 16.9. The van der Waals surface area contributed by atoms with Crippen molar-refractivity contribution in [1.82, 2.24) is 14.5 Å². The number of rotatable bonds is 5. The summed E-state index contributed by atoms with van der Waals surface area (Å²) in [7, 11) is 5.02. The van der Waals surface area contributed by atoms with Crippen molar-refractivity contribution in [2.75, 3.05) is 20.8 Å². The zero-order valence-electron chi connectivity index (χ0n) is 20.5. The smallest absolute Gasteiger partial charge is 0.340 e. The van der Waals surface area contributed by atoms with Crippen LogP contribution in [-0.4, -0.2) is 41.1 Å². The average Bonchev–Trinajstić information content (AvgIpc) is 3.22. The molecule has 8 heteroatoms. The Labute approximate surface area is 203 Å². The quantitative estimate of drug-likeness (QED) is 0.400. The molecule has 0 aliphatic carbocycles. The molecule has 1 atom stereocenters. The lowest BCUT2D eigenvalue weighted by Gasteiger charge is -2.35. The van der Waals surface area contributed by atoms with Gasteiger partial charge in [0.05, 0.1) is 43.3 Å². The van der Waals surface area contributed by atoms with Crippen molar-refractivity contribution in [2.45, 2.75) is 38.6 Å². The number of para-hydroxylation sites is 2. The Kier molecular flexibility index (Phi) is 5.96. The Morgan fingerprint density at radius 2 is 1.94 bits per heavy atom. The number of nitrogens with zero attached hydrogens (tertiary/aromatic N) is 3. The molecule has 1 fully saturated rings. The van der Waals surface area contributed by atoms with Gasteiger partial charge in [-0.05, 0) is 56.0 Å². The summed E-state index contributed by atoms with van der Waals surface area (Å²) in [6, 6.07) is 11.4. The fourth-order valence-electron chi connectivity index (χ4n) is 5.18. The highest BCUT2D eigenvalue weighted by molar-refractivity contribution is 5.90. The van der Waals surface area contributed by atoms with Crippen LogP contribution < -0.4 is 15.1 Å². The molecular formula is C27H29N3O5. The summed E-state index contributed by atoms with van der Waals surface area (Å²) in [5.41, 5.74) is 2.81. The number of likely N-dealkylation sites (tertiary alicyclic amines) is 1. The summed E-state index contributed by atoms with van der Waals surface area (Å²) in [5, 5.41) is 0.718. The average molecular weight is 476 g/mol. The lowest BCUT2D eigenvalue weighted by Crippen LogP contribution is -2.41. The minimum absolute atomic E-state index is 0.0289. The van der Waals surface area contributed by atoms with Crippen LogP contribution >= 0.6 is 0 Å². The predicted molar refractivity (Wildman–Crippen MR) is 133 cm³/mol. The van der Waals surface area contributed by atoms with E-state index in [1.165, 1.54) is 14.2 Å². The van der Waals surface area contributed by atoms with E-state index in [0.29, 0.717) is 34.8 Å². The van der Waals surface area contributed by atoms with Crippen molar-refractivity contribution in [2.24, 2.45) is 7.05 Å². The van der Waals surface area contributed by atoms with Gasteiger partial charge in [0.2, 0.25) is 11.7 Å². The normalized spacial score (nSPS) is 16.1. The minimum atomic E-state index is -0.536. The van der Waals surface area contributed by atoms with Crippen molar-refractivity contribution in [3.05, 3.63) is 63.8 Å². The Morgan fingerprint density at radius 1 is 1.14 bits per heavy atom. The molecule has 0 unspecified atom stereocenters. The second kappa shape index (κ2) is 9.09. The summed E-state index contributed by atoms with van der Waals surface area (Å²) in [4.78, 5) is 33.3. The van der Waals surface area contributed by atoms with E-state index in [-0.39, 0.29) is 18.4 Å². The molecule has 0 bridgehead atoms. The minimum Gasteiger partial charge on any atom is -0.493 e. The predicted octanol–water partition coefficient (Wildman–Crippen LogP) is 4.30. The van der Waals surface area contributed by atoms with Gasteiger partial charge in [-0.25, -0.2) is 9.78 Å². The number of amides is 1. The van der Waals surface area contributed by atoms with E-state index in [2.05, 4.69) is 4.57 Å². The third kappa shape index (κ3) is 3.83. The molecule has 0 N–H and O–H groups in total. The number of imidazole rings is 1. The topological polar surface area (TPSA) is 86.8 Å². The molecule has 4 aromatic rings. The molecule has 1 saturated heterocycles. The van der Waals surface area contributed by atoms with E-state index in [1.54, 1.807) is 6.07 Å². The number of benzene rings is 2. The van der Waals surface area contributed by atoms with Crippen LogP contribution in [0.25, 0.3) is 22.0 Å². The lowest BCUT2D eigenvalue weighted by atomic mass is 9.98. The number of carbonyl (C=O) groups excluding carboxylic acids is 1. The van der Waals surface area contributed by atoms with E-state index in [0.717, 1.165) is 41.5 Å². The third-order valence-electron chi connectivity index (χ3n) is 7.07. The van der Waals surface area contributed by atoms with Crippen LogP contribution in [0.5, 0.6) is 11.5 Å². The maximum absolute atomic E-state index is 13.6. The SMILES string of the molecule is COc1ccc2c(C)c(CC(=O)N3CCCC[C@H]3c3nc4ccccc4n3C)c(=O)oc2c1OC. The van der Waals surface area contributed by atoms with Gasteiger partial charge in [0, 0.05) is 19.0 Å². The molecule has 1 amide bonds. The van der Waals surface area contributed by atoms with Crippen LogP contribution in [0.3, 0.4) is 0 Å². The first kappa shape index (κ1) is 23.0. The molecule has 2 aromatic carbocycles. The third-order valence-corrected chi connectivity index (χ3v) is 7.07. The summed E-state index contributed by atoms with van der Waals surface area (Å²) >= 11 is 0. The maximum atomic E-state index is 13.6. The number of ether oxygens (including phenoxy) is 2. The molecule has 0 spiro atoms. The molecule has 2 aromatic heterocycles. The number of aromatic nitrogens is 2. The number of fused-ring (bicyclic) bond motifs is 2. The Hall–Kier alpha value is -3.81. The molecule has 1 aliphatic heterocycles. The lowest BCUT2D eigenvalue weighted by molar-refractivity contribution is -0.134. The van der Waals surface area contributed by atoms with Crippen LogP contribution in [-0.2, 0) is 18.3 Å². The number of piperidine rings is 1. The molecule has 35 heavy (non-hydrogen) atoms. The standard InChI is InChI=1S/C27H29N3O5/c1-16-17-12-13-22(33-3)25(34-4)24(17)35-27(32)18(16)15-23(31)30-14-8-7-11-21(30)26-28-19-9-5-6-10-20(19)29(26)2/h5-6,9-10,12-13,21H,7-8,11,14-15H2,1-4H3/t21-/m0/s1. The molecule has 182 valence electrons. The van der Waals surface area contributed by atoms with Crippen molar-refractivity contribution >= 4 is 27.9 Å². The number of methoxy groups -OCH3 is 2. The van der Waals surface area contributed by atoms with Gasteiger partial charge in [0.1, 0.15) is 5.82 Å². The van der Waals surface area contributed by atoms with E-state index in [4.69, 9.17) is 18.9 Å². The summed E-state index contributed by atoms with van der Waals surface area (Å²) in [6.07, 6.45) is 2.76. The van der Waals surface area contributed by atoms with E-state index in [1.807, 2.05) is 49.2 Å². The van der Waals surface area contributed by atoms with Gasteiger partial charge >= 0.3 is 5.63 Å². The second-order valence-electron chi connectivity index (χ2n) is 8.96. The van der Waals surface area contributed by atoms with Crippen molar-refractivity contribution in [1.29, 1.82) is 0 Å². The molecule has 8 nitrogen and oxygen atoms in total. The fourth-order valence-corrected chi connectivity index (χ4v) is 5.18. The molecule has 5 rings (SSSR count). The van der Waals surface area contributed by atoms with E-state index in [9.17, 15) is 9.59 Å². The zero-order valence-corrected chi connectivity index (χ0v) is 20.5. The first-order valence-corrected chi connectivity index (χ1v) is 11.8. The van der Waals surface area contributed by atoms with Crippen molar-refractivity contribution in [3.63, 3.8) is 0 Å². The van der Waals surface area contributed by atoms with Gasteiger partial charge < -0.3 is 23.4 Å². The number of hydrogen-bond donors (Lipinski definition) is 0. The van der Waals surface area contributed by atoms with Gasteiger partial charge in [-0.15, -0.1) is 0 Å². The van der Waals surface area contributed by atoms with Crippen LogP contribution in [0.15, 0.2) is 45.6 Å². The van der Waals surface area contributed by atoms with Gasteiger partial charge in [-0.1, -0.05) is 12.1 Å². The highest BCUT2D eigenvalue weighted by Crippen LogP contribution is 2.37. The molecular weight excluding hydrogens is 446 g/mol. The summed E-state index contributed by atoms with van der Waals surface area (Å²) in [6.45, 7) is 2.47. The first-order valence-electron chi connectivity index (χ1n) is 11.8. The summed E-state index contributed by atoms with van der Waals surface area (Å²) in [5.74, 6) is 1.61. The number of carbonyl (C=O) groups is 1. The maximum Gasteiger partial charge on any atom is 0.340 e. The largest absolute Gasteiger partial charge is 0.493 e. The monoisotopic (exact) mass is 475 g/mol. The van der Waals surface area contributed by atoms with E-state index < -0.39 is 5.63 Å². The van der Waals surface area contributed by atoms with Crippen molar-refractivity contribution < 1.29 is 18.7 Å². The highest BCUT2D eigenvalue weighted by atomic mass is 16.5.